The van der Waals surface area contributed by atoms with E-state index < -0.39 is 17.8 Å². The van der Waals surface area contributed by atoms with Crippen molar-refractivity contribution in [2.24, 2.45) is 0 Å². The third kappa shape index (κ3) is 4.07. The Kier molecular flexibility index (Phi) is 5.38. The molecule has 134 valence electrons. The summed E-state index contributed by atoms with van der Waals surface area (Å²) in [4.78, 5) is 38.0. The monoisotopic (exact) mass is 424 g/mol. The van der Waals surface area contributed by atoms with Gasteiger partial charge in [0.15, 0.2) is 0 Å². The third-order valence-electron chi connectivity index (χ3n) is 3.70. The average molecular weight is 425 g/mol. The first-order chi connectivity index (χ1) is 13.0. The summed E-state index contributed by atoms with van der Waals surface area (Å²) in [5.41, 5.74) is 0.818. The van der Waals surface area contributed by atoms with Gasteiger partial charge in [0.2, 0.25) is 0 Å². The van der Waals surface area contributed by atoms with Crippen LogP contribution in [0, 0.1) is 12.3 Å². The van der Waals surface area contributed by atoms with Crippen molar-refractivity contribution in [3.05, 3.63) is 64.1 Å². The predicted octanol–water partition coefficient (Wildman–Crippen LogP) is 3.13. The molecular formula is C20H13BrN2O4. The number of imide groups is 2. The lowest BCUT2D eigenvalue weighted by molar-refractivity contribution is -0.122. The number of benzene rings is 2. The standard InChI is InChI=1S/C20H13BrN2O4/c1-2-11-27-16-9-3-13(4-10-16)12-17-18(24)22-20(26)23(19(17)25)15-7-5-14(21)6-8-15/h1,3-10,12H,11H2,(H,22,24,26)/b17-12+. The maximum Gasteiger partial charge on any atom is 0.335 e. The minimum absolute atomic E-state index is 0.144. The van der Waals surface area contributed by atoms with Crippen molar-refractivity contribution < 1.29 is 19.1 Å². The van der Waals surface area contributed by atoms with Gasteiger partial charge in [-0.1, -0.05) is 34.0 Å². The fourth-order valence-corrected chi connectivity index (χ4v) is 2.70. The van der Waals surface area contributed by atoms with Gasteiger partial charge in [-0.25, -0.2) is 9.69 Å². The zero-order valence-electron chi connectivity index (χ0n) is 13.9. The van der Waals surface area contributed by atoms with Gasteiger partial charge in [-0.15, -0.1) is 6.42 Å². The Balaban J connectivity index is 1.89. The molecule has 1 fully saturated rings. The molecule has 0 aromatic heterocycles. The van der Waals surface area contributed by atoms with Crippen LogP contribution in [0.1, 0.15) is 5.56 Å². The second-order valence-electron chi connectivity index (χ2n) is 5.50. The summed E-state index contributed by atoms with van der Waals surface area (Å²) >= 11 is 3.30. The molecule has 0 bridgehead atoms. The number of hydrogen-bond acceptors (Lipinski definition) is 4. The number of ether oxygens (including phenoxy) is 1. The van der Waals surface area contributed by atoms with Crippen LogP contribution in [0.25, 0.3) is 6.08 Å². The van der Waals surface area contributed by atoms with Crippen molar-refractivity contribution in [1.29, 1.82) is 0 Å². The van der Waals surface area contributed by atoms with Crippen molar-refractivity contribution in [1.82, 2.24) is 5.32 Å². The van der Waals surface area contributed by atoms with E-state index >= 15 is 0 Å². The lowest BCUT2D eigenvalue weighted by Crippen LogP contribution is -2.54. The van der Waals surface area contributed by atoms with Crippen LogP contribution in [0.15, 0.2) is 58.6 Å². The SMILES string of the molecule is C#CCOc1ccc(/C=C2\C(=O)NC(=O)N(c3ccc(Br)cc3)C2=O)cc1. The van der Waals surface area contributed by atoms with Gasteiger partial charge in [0.1, 0.15) is 17.9 Å². The Bertz CT molecular complexity index is 973. The second-order valence-corrected chi connectivity index (χ2v) is 6.41. The zero-order chi connectivity index (χ0) is 19.4. The van der Waals surface area contributed by atoms with Gasteiger partial charge >= 0.3 is 6.03 Å². The van der Waals surface area contributed by atoms with Gasteiger partial charge in [0.25, 0.3) is 11.8 Å². The van der Waals surface area contributed by atoms with Crippen LogP contribution in [-0.2, 0) is 9.59 Å². The molecule has 6 nitrogen and oxygen atoms in total. The molecule has 0 spiro atoms. The van der Waals surface area contributed by atoms with Gasteiger partial charge in [0, 0.05) is 4.47 Å². The van der Waals surface area contributed by atoms with Crippen LogP contribution in [0.5, 0.6) is 5.75 Å². The summed E-state index contributed by atoms with van der Waals surface area (Å²) in [6, 6.07) is 12.5. The third-order valence-corrected chi connectivity index (χ3v) is 4.23. The minimum atomic E-state index is -0.789. The van der Waals surface area contributed by atoms with E-state index in [9.17, 15) is 14.4 Å². The molecule has 1 aliphatic heterocycles. The predicted molar refractivity (Wildman–Crippen MR) is 104 cm³/mol. The largest absolute Gasteiger partial charge is 0.481 e. The number of terminal acetylenes is 1. The molecule has 1 heterocycles. The van der Waals surface area contributed by atoms with Gasteiger partial charge in [-0.2, -0.15) is 0 Å². The first kappa shape index (κ1) is 18.4. The summed E-state index contributed by atoms with van der Waals surface area (Å²) in [6.45, 7) is 0.144. The molecule has 0 radical (unpaired) electrons. The van der Waals surface area contributed by atoms with E-state index in [4.69, 9.17) is 11.2 Å². The molecule has 2 aromatic rings. The molecule has 1 aliphatic rings. The quantitative estimate of drug-likeness (QED) is 0.464. The number of nitrogens with zero attached hydrogens (tertiary/aromatic N) is 1. The molecule has 1 N–H and O–H groups in total. The van der Waals surface area contributed by atoms with Crippen LogP contribution in [-0.4, -0.2) is 24.5 Å². The lowest BCUT2D eigenvalue weighted by atomic mass is 10.1. The maximum absolute atomic E-state index is 12.8. The van der Waals surface area contributed by atoms with Crippen LogP contribution in [0.4, 0.5) is 10.5 Å². The van der Waals surface area contributed by atoms with Crippen molar-refractivity contribution in [2.75, 3.05) is 11.5 Å². The molecule has 7 heteroatoms. The zero-order valence-corrected chi connectivity index (χ0v) is 15.5. The number of carbonyl (C=O) groups excluding carboxylic acids is 3. The summed E-state index contributed by atoms with van der Waals surface area (Å²) in [5.74, 6) is 1.49. The van der Waals surface area contributed by atoms with E-state index in [0.29, 0.717) is 17.0 Å². The van der Waals surface area contributed by atoms with E-state index in [1.165, 1.54) is 6.08 Å². The van der Waals surface area contributed by atoms with E-state index in [1.54, 1.807) is 48.5 Å². The summed E-state index contributed by atoms with van der Waals surface area (Å²) < 4.78 is 6.08. The Morgan fingerprint density at radius 1 is 1.07 bits per heavy atom. The van der Waals surface area contributed by atoms with Gasteiger partial charge in [-0.3, -0.25) is 14.9 Å². The Labute approximate surface area is 163 Å². The summed E-state index contributed by atoms with van der Waals surface area (Å²) in [7, 11) is 0. The van der Waals surface area contributed by atoms with E-state index in [0.717, 1.165) is 9.37 Å². The van der Waals surface area contributed by atoms with Gasteiger partial charge in [0.05, 0.1) is 5.69 Å². The van der Waals surface area contributed by atoms with E-state index in [2.05, 4.69) is 27.2 Å². The van der Waals surface area contributed by atoms with Gasteiger partial charge in [-0.05, 0) is 48.0 Å². The average Bonchev–Trinajstić information content (AvgIpc) is 2.66. The number of rotatable bonds is 4. The number of urea groups is 1. The minimum Gasteiger partial charge on any atom is -0.481 e. The van der Waals surface area contributed by atoms with Crippen molar-refractivity contribution in [3.8, 4) is 18.1 Å². The number of hydrogen-bond donors (Lipinski definition) is 1. The maximum atomic E-state index is 12.8. The first-order valence-electron chi connectivity index (χ1n) is 7.83. The van der Waals surface area contributed by atoms with Crippen molar-refractivity contribution in [3.63, 3.8) is 0 Å². The van der Waals surface area contributed by atoms with Crippen LogP contribution < -0.4 is 15.0 Å². The molecule has 3 rings (SSSR count). The fourth-order valence-electron chi connectivity index (χ4n) is 2.43. The number of carbonyl (C=O) groups is 3. The highest BCUT2D eigenvalue weighted by Gasteiger charge is 2.36. The smallest absolute Gasteiger partial charge is 0.335 e. The Morgan fingerprint density at radius 3 is 2.37 bits per heavy atom. The highest BCUT2D eigenvalue weighted by molar-refractivity contribution is 9.10. The Hall–Kier alpha value is -3.37. The molecule has 27 heavy (non-hydrogen) atoms. The normalized spacial score (nSPS) is 15.5. The van der Waals surface area contributed by atoms with Crippen molar-refractivity contribution >= 4 is 45.5 Å². The van der Waals surface area contributed by atoms with E-state index in [-0.39, 0.29) is 12.2 Å². The topological polar surface area (TPSA) is 75.7 Å². The number of halogens is 1. The second kappa shape index (κ2) is 7.89. The number of nitrogens with one attached hydrogen (secondary N) is 1. The molecule has 0 saturated carbocycles. The Morgan fingerprint density at radius 2 is 1.74 bits per heavy atom. The number of anilines is 1. The van der Waals surface area contributed by atoms with Crippen molar-refractivity contribution in [2.45, 2.75) is 0 Å². The van der Waals surface area contributed by atoms with Crippen LogP contribution in [0.3, 0.4) is 0 Å². The molecule has 2 aromatic carbocycles. The van der Waals surface area contributed by atoms with Crippen LogP contribution >= 0.6 is 15.9 Å². The first-order valence-corrected chi connectivity index (χ1v) is 8.62. The molecule has 4 amide bonds. The molecule has 1 saturated heterocycles. The van der Waals surface area contributed by atoms with Gasteiger partial charge < -0.3 is 4.74 Å². The number of barbiturate groups is 1. The highest BCUT2D eigenvalue weighted by Crippen LogP contribution is 2.24. The number of amides is 4. The molecular weight excluding hydrogens is 412 g/mol. The van der Waals surface area contributed by atoms with Crippen LogP contribution in [0.2, 0.25) is 0 Å². The summed E-state index contributed by atoms with van der Waals surface area (Å²) in [6.07, 6.45) is 6.56. The molecule has 0 atom stereocenters. The molecule has 0 unspecified atom stereocenters. The highest BCUT2D eigenvalue weighted by atomic mass is 79.9. The lowest BCUT2D eigenvalue weighted by Gasteiger charge is -2.26. The fraction of sp³-hybridized carbons (Fsp3) is 0.0500. The molecule has 0 aliphatic carbocycles. The summed E-state index contributed by atoms with van der Waals surface area (Å²) in [5, 5.41) is 2.18. The van der Waals surface area contributed by atoms with E-state index in [1.807, 2.05) is 0 Å².